The summed E-state index contributed by atoms with van der Waals surface area (Å²) in [6.45, 7) is 20.2. The normalized spacial score (nSPS) is 15.9. The fourth-order valence-corrected chi connectivity index (χ4v) is 2.19. The number of anilines is 1. The van der Waals surface area contributed by atoms with E-state index in [9.17, 15) is 0 Å². The Kier molecular flexibility index (Phi) is 9.20. The second-order valence-electron chi connectivity index (χ2n) is 4.46. The van der Waals surface area contributed by atoms with Crippen LogP contribution in [-0.4, -0.2) is 0 Å². The molecular formula is C20H31N. The van der Waals surface area contributed by atoms with Crippen molar-refractivity contribution in [2.24, 2.45) is 5.92 Å². The van der Waals surface area contributed by atoms with Crippen molar-refractivity contribution < 1.29 is 0 Å². The highest BCUT2D eigenvalue weighted by molar-refractivity contribution is 5.61. The molecule has 1 aromatic rings. The van der Waals surface area contributed by atoms with Gasteiger partial charge in [0.1, 0.15) is 0 Å². The largest absolute Gasteiger partial charge is 0.358 e. The van der Waals surface area contributed by atoms with Crippen molar-refractivity contribution in [1.29, 1.82) is 0 Å². The van der Waals surface area contributed by atoms with Gasteiger partial charge in [0.2, 0.25) is 0 Å². The number of nitrogens with one attached hydrogen (secondary N) is 1. The highest BCUT2D eigenvalue weighted by Crippen LogP contribution is 2.39. The van der Waals surface area contributed by atoms with Gasteiger partial charge in [-0.15, -0.1) is 6.58 Å². The molecule has 116 valence electrons. The second-order valence-corrected chi connectivity index (χ2v) is 4.46. The molecular weight excluding hydrogens is 254 g/mol. The Labute approximate surface area is 131 Å². The van der Waals surface area contributed by atoms with Gasteiger partial charge in [0.15, 0.2) is 0 Å². The van der Waals surface area contributed by atoms with Crippen LogP contribution in [0.25, 0.3) is 0 Å². The van der Waals surface area contributed by atoms with E-state index in [0.29, 0.717) is 5.92 Å². The standard InChI is InChI=1S/C16H19N.2C2H6/c1-5-13-8-7-9-14(10-13)17-16-12(4)11(3)15(16)6-2;2*1-2/h6-10,15,17H,2-3,5H2,1,4H3;2*1-2H3. The summed E-state index contributed by atoms with van der Waals surface area (Å²) in [6.07, 6.45) is 3.01. The molecule has 0 bridgehead atoms. The Morgan fingerprint density at radius 1 is 1.19 bits per heavy atom. The average Bonchev–Trinajstić information content (AvgIpc) is 2.58. The molecule has 1 unspecified atom stereocenters. The van der Waals surface area contributed by atoms with E-state index in [0.717, 1.165) is 12.1 Å². The Morgan fingerprint density at radius 2 is 1.81 bits per heavy atom. The van der Waals surface area contributed by atoms with E-state index in [2.05, 4.69) is 56.6 Å². The van der Waals surface area contributed by atoms with Gasteiger partial charge >= 0.3 is 0 Å². The minimum absolute atomic E-state index is 0.292. The average molecular weight is 285 g/mol. The van der Waals surface area contributed by atoms with Crippen LogP contribution in [-0.2, 0) is 6.42 Å². The highest BCUT2D eigenvalue weighted by Gasteiger charge is 2.28. The van der Waals surface area contributed by atoms with Gasteiger partial charge in [0, 0.05) is 17.3 Å². The van der Waals surface area contributed by atoms with Crippen LogP contribution < -0.4 is 5.32 Å². The van der Waals surface area contributed by atoms with Crippen LogP contribution in [0, 0.1) is 5.92 Å². The monoisotopic (exact) mass is 285 g/mol. The molecule has 1 aliphatic carbocycles. The minimum atomic E-state index is 0.292. The van der Waals surface area contributed by atoms with Crippen LogP contribution in [0.1, 0.15) is 47.1 Å². The lowest BCUT2D eigenvalue weighted by atomic mass is 9.78. The molecule has 1 aliphatic rings. The summed E-state index contributed by atoms with van der Waals surface area (Å²) in [5.74, 6) is 0.292. The van der Waals surface area contributed by atoms with Crippen molar-refractivity contribution in [2.75, 3.05) is 5.32 Å². The van der Waals surface area contributed by atoms with Gasteiger partial charge in [-0.05, 0) is 42.2 Å². The molecule has 0 spiro atoms. The summed E-state index contributed by atoms with van der Waals surface area (Å²) in [5.41, 5.74) is 6.17. The molecule has 0 radical (unpaired) electrons. The first-order valence-corrected chi connectivity index (χ1v) is 8.05. The Bertz CT molecular complexity index is 494. The van der Waals surface area contributed by atoms with E-state index in [4.69, 9.17) is 0 Å². The van der Waals surface area contributed by atoms with E-state index in [1.165, 1.54) is 22.4 Å². The zero-order chi connectivity index (χ0) is 16.4. The Balaban J connectivity index is 0.000000921. The molecule has 0 fully saturated rings. The van der Waals surface area contributed by atoms with Crippen LogP contribution in [0.4, 0.5) is 5.69 Å². The summed E-state index contributed by atoms with van der Waals surface area (Å²) in [7, 11) is 0. The van der Waals surface area contributed by atoms with E-state index < -0.39 is 0 Å². The molecule has 1 N–H and O–H groups in total. The van der Waals surface area contributed by atoms with Gasteiger partial charge in [0.05, 0.1) is 0 Å². The molecule has 1 atom stereocenters. The number of rotatable bonds is 4. The first-order chi connectivity index (χ1) is 10.2. The molecule has 1 nitrogen and oxygen atoms in total. The minimum Gasteiger partial charge on any atom is -0.358 e. The van der Waals surface area contributed by atoms with Crippen molar-refractivity contribution in [3.63, 3.8) is 0 Å². The van der Waals surface area contributed by atoms with Crippen molar-refractivity contribution in [3.8, 4) is 0 Å². The molecule has 0 saturated carbocycles. The van der Waals surface area contributed by atoms with Gasteiger partial charge in [-0.2, -0.15) is 0 Å². The lowest BCUT2D eigenvalue weighted by Crippen LogP contribution is -2.24. The van der Waals surface area contributed by atoms with Gasteiger partial charge in [0.25, 0.3) is 0 Å². The zero-order valence-electron chi connectivity index (χ0n) is 14.6. The number of hydrogen-bond acceptors (Lipinski definition) is 1. The van der Waals surface area contributed by atoms with Crippen molar-refractivity contribution in [1.82, 2.24) is 0 Å². The third-order valence-electron chi connectivity index (χ3n) is 3.42. The number of benzene rings is 1. The maximum absolute atomic E-state index is 4.05. The van der Waals surface area contributed by atoms with Crippen molar-refractivity contribution >= 4 is 5.69 Å². The second kappa shape index (κ2) is 10.0. The molecule has 1 aromatic carbocycles. The summed E-state index contributed by atoms with van der Waals surface area (Å²) < 4.78 is 0. The van der Waals surface area contributed by atoms with Crippen molar-refractivity contribution in [3.05, 3.63) is 65.9 Å². The van der Waals surface area contributed by atoms with E-state index >= 15 is 0 Å². The molecule has 1 heteroatoms. The lowest BCUT2D eigenvalue weighted by Gasteiger charge is -2.33. The van der Waals surface area contributed by atoms with E-state index in [1.54, 1.807) is 0 Å². The fraction of sp³-hybridized carbons (Fsp3) is 0.400. The smallest absolute Gasteiger partial charge is 0.0418 e. The molecule has 0 saturated heterocycles. The molecule has 0 heterocycles. The van der Waals surface area contributed by atoms with Crippen molar-refractivity contribution in [2.45, 2.75) is 48.0 Å². The first kappa shape index (κ1) is 19.2. The Hall–Kier alpha value is -1.76. The first-order valence-electron chi connectivity index (χ1n) is 8.05. The van der Waals surface area contributed by atoms with Crippen LogP contribution >= 0.6 is 0 Å². The quantitative estimate of drug-likeness (QED) is 0.635. The highest BCUT2D eigenvalue weighted by atomic mass is 14.9. The SMILES string of the molecule is C=CC1C(=C)C(C)=C1Nc1cccc(CC)c1.CC.CC. The number of aryl methyl sites for hydroxylation is 1. The molecule has 2 rings (SSSR count). The maximum atomic E-state index is 4.05. The van der Waals surface area contributed by atoms with Crippen LogP contribution in [0.15, 0.2) is 60.3 Å². The van der Waals surface area contributed by atoms with Gasteiger partial charge in [-0.25, -0.2) is 0 Å². The van der Waals surface area contributed by atoms with E-state index in [1.807, 2.05) is 33.8 Å². The van der Waals surface area contributed by atoms with Crippen LogP contribution in [0.2, 0.25) is 0 Å². The van der Waals surface area contributed by atoms with E-state index in [-0.39, 0.29) is 0 Å². The van der Waals surface area contributed by atoms with Crippen LogP contribution in [0.3, 0.4) is 0 Å². The molecule has 0 amide bonds. The Morgan fingerprint density at radius 3 is 2.33 bits per heavy atom. The van der Waals surface area contributed by atoms with Gasteiger partial charge in [-0.1, -0.05) is 59.4 Å². The summed E-state index contributed by atoms with van der Waals surface area (Å²) in [4.78, 5) is 0. The topological polar surface area (TPSA) is 12.0 Å². The lowest BCUT2D eigenvalue weighted by molar-refractivity contribution is 0.815. The molecule has 0 aromatic heterocycles. The predicted molar refractivity (Wildman–Crippen MR) is 97.7 cm³/mol. The third-order valence-corrected chi connectivity index (χ3v) is 3.42. The zero-order valence-corrected chi connectivity index (χ0v) is 14.6. The number of hydrogen-bond donors (Lipinski definition) is 1. The summed E-state index contributed by atoms with van der Waals surface area (Å²) in [5, 5.41) is 3.48. The molecule has 21 heavy (non-hydrogen) atoms. The molecule has 0 aliphatic heterocycles. The summed E-state index contributed by atoms with van der Waals surface area (Å²) >= 11 is 0. The fourth-order valence-electron chi connectivity index (χ4n) is 2.19. The van der Waals surface area contributed by atoms with Gasteiger partial charge in [-0.3, -0.25) is 0 Å². The number of allylic oxidation sites excluding steroid dienone is 2. The van der Waals surface area contributed by atoms with Gasteiger partial charge < -0.3 is 5.32 Å². The summed E-state index contributed by atoms with van der Waals surface area (Å²) in [6, 6.07) is 8.53. The maximum Gasteiger partial charge on any atom is 0.0418 e. The van der Waals surface area contributed by atoms with Crippen LogP contribution in [0.5, 0.6) is 0 Å². The predicted octanol–water partition coefficient (Wildman–Crippen LogP) is 6.36. The third kappa shape index (κ3) is 4.63.